The molecule has 0 bridgehead atoms. The molecule has 0 atom stereocenters. The van der Waals surface area contributed by atoms with Gasteiger partial charge in [0, 0.05) is 52.5 Å². The highest BCUT2D eigenvalue weighted by atomic mass is 31.3. The summed E-state index contributed by atoms with van der Waals surface area (Å²) in [6, 6.07) is 64.1. The molecular weight excluding hydrogens is 860 g/mol. The monoisotopic (exact) mass is 927 g/mol. The van der Waals surface area contributed by atoms with Crippen molar-refractivity contribution >= 4 is 22.5 Å². The number of nitrogens with one attached hydrogen (secondary N) is 6. The Balaban J connectivity index is 0.00000118. The number of rotatable bonds is 24. The van der Waals surface area contributed by atoms with Gasteiger partial charge in [0.1, 0.15) is 0 Å². The Morgan fingerprint density at radius 2 is 0.477 bits per heavy atom. The highest BCUT2D eigenvalue weighted by molar-refractivity contribution is 7.83. The summed E-state index contributed by atoms with van der Waals surface area (Å²) in [6.45, 7) is 6.28. The lowest BCUT2D eigenvalue weighted by molar-refractivity contribution is 0.198. The predicted molar refractivity (Wildman–Crippen MR) is 277 cm³/mol. The molecule has 0 radical (unpaired) electrons. The van der Waals surface area contributed by atoms with E-state index in [1.165, 1.54) is 46.2 Å². The molecule has 342 valence electrons. The van der Waals surface area contributed by atoms with Gasteiger partial charge in [-0.3, -0.25) is 30.5 Å². The normalized spacial score (nSPS) is 15.7. The van der Waals surface area contributed by atoms with Crippen LogP contribution in [0, 0.1) is 0 Å². The van der Waals surface area contributed by atoms with Crippen molar-refractivity contribution in [1.29, 1.82) is 0 Å². The van der Waals surface area contributed by atoms with Crippen LogP contribution in [-0.2, 0) is 43.3 Å². The van der Waals surface area contributed by atoms with Crippen molar-refractivity contribution in [1.82, 2.24) is 30.5 Å². The van der Waals surface area contributed by atoms with Crippen LogP contribution in [0.25, 0.3) is 0 Å². The second-order valence-electron chi connectivity index (χ2n) is 16.3. The van der Waals surface area contributed by atoms with Gasteiger partial charge in [0.25, 0.3) is 0 Å². The average Bonchev–Trinajstić information content (AvgIpc) is 3.95. The lowest BCUT2D eigenvalue weighted by Crippen LogP contribution is -2.33. The summed E-state index contributed by atoms with van der Waals surface area (Å²) in [6.07, 6.45) is 7.69. The van der Waals surface area contributed by atoms with Gasteiger partial charge in [0.05, 0.1) is 0 Å². The Hall–Kier alpha value is -4.27. The molecule has 1 saturated heterocycles. The van der Waals surface area contributed by atoms with Gasteiger partial charge >= 0.3 is 0 Å². The van der Waals surface area contributed by atoms with Crippen molar-refractivity contribution in [3.63, 3.8) is 0 Å². The van der Waals surface area contributed by atoms with Crippen LogP contribution in [0.2, 0.25) is 0 Å². The van der Waals surface area contributed by atoms with Crippen molar-refractivity contribution < 1.29 is 4.74 Å². The maximum Gasteiger partial charge on any atom is 0.215 e. The molecule has 0 spiro atoms. The van der Waals surface area contributed by atoms with Gasteiger partial charge in [-0.1, -0.05) is 182 Å². The van der Waals surface area contributed by atoms with E-state index in [2.05, 4.69) is 213 Å². The zero-order chi connectivity index (χ0) is 44.6. The highest BCUT2D eigenvalue weighted by Crippen LogP contribution is 2.70. The van der Waals surface area contributed by atoms with Crippen molar-refractivity contribution in [3.8, 4) is 0 Å². The standard InChI is InChI=1S/C48H60N9P3.C4H8O/c1-7-19-43(20-8-1)31-37-49-58(50-38-32-44-21-9-2-10-22-44)55-59(51-39-33-45-23-11-3-12-24-45,52-40-34-46-25-13-4-14-26-46)57-60(56-58,53-41-35-47-27-15-5-16-28-47)54-42-36-48-29-17-6-18-30-48;1-2-4-5-3-1/h1-30,49-54H,31-42H2;1-4H2. The third-order valence-electron chi connectivity index (χ3n) is 11.1. The minimum Gasteiger partial charge on any atom is -0.381 e. The van der Waals surface area contributed by atoms with E-state index in [4.69, 9.17) is 18.3 Å². The fourth-order valence-electron chi connectivity index (χ4n) is 7.68. The van der Waals surface area contributed by atoms with Gasteiger partial charge in [-0.25, -0.2) is 0 Å². The summed E-state index contributed by atoms with van der Waals surface area (Å²) >= 11 is 0. The molecule has 0 saturated carbocycles. The van der Waals surface area contributed by atoms with E-state index in [-0.39, 0.29) is 0 Å². The first-order valence-electron chi connectivity index (χ1n) is 23.3. The first-order valence-corrected chi connectivity index (χ1v) is 28.4. The maximum atomic E-state index is 5.89. The van der Waals surface area contributed by atoms with Crippen molar-refractivity contribution in [2.45, 2.75) is 51.4 Å². The Labute approximate surface area is 388 Å². The first-order chi connectivity index (χ1) is 32.1. The Morgan fingerprint density at radius 1 is 0.292 bits per heavy atom. The zero-order valence-corrected chi connectivity index (χ0v) is 40.4. The maximum absolute atomic E-state index is 5.89. The van der Waals surface area contributed by atoms with Crippen LogP contribution in [0.15, 0.2) is 196 Å². The topological polar surface area (TPSA) is 118 Å². The number of hydrogen-bond acceptors (Lipinski definition) is 10. The van der Waals surface area contributed by atoms with Crippen LogP contribution in [0.5, 0.6) is 0 Å². The van der Waals surface area contributed by atoms with Gasteiger partial charge in [-0.2, -0.15) is 13.5 Å². The van der Waals surface area contributed by atoms with Crippen molar-refractivity contribution in [2.24, 2.45) is 13.5 Å². The van der Waals surface area contributed by atoms with Crippen molar-refractivity contribution in [3.05, 3.63) is 215 Å². The lowest BCUT2D eigenvalue weighted by Gasteiger charge is -2.38. The molecular formula is C52H68N9OP3. The number of ether oxygens (including phenoxy) is 1. The molecule has 2 aliphatic heterocycles. The van der Waals surface area contributed by atoms with Crippen LogP contribution >= 0.6 is 22.5 Å². The largest absolute Gasteiger partial charge is 0.381 e. The number of nitrogens with zero attached hydrogens (tertiary/aromatic N) is 3. The quantitative estimate of drug-likeness (QED) is 0.0335. The molecule has 8 rings (SSSR count). The second kappa shape index (κ2) is 26.8. The minimum atomic E-state index is -2.85. The smallest absolute Gasteiger partial charge is 0.215 e. The number of hydrogen-bond donors (Lipinski definition) is 6. The molecule has 13 heteroatoms. The van der Waals surface area contributed by atoms with E-state index in [9.17, 15) is 0 Å². The molecule has 0 aromatic heterocycles. The van der Waals surface area contributed by atoms with E-state index in [1.54, 1.807) is 0 Å². The van der Waals surface area contributed by atoms with Crippen LogP contribution in [0.1, 0.15) is 46.2 Å². The van der Waals surface area contributed by atoms with E-state index in [0.717, 1.165) is 51.7 Å². The van der Waals surface area contributed by atoms with Gasteiger partial charge in [0.2, 0.25) is 22.5 Å². The summed E-state index contributed by atoms with van der Waals surface area (Å²) in [5.41, 5.74) is 7.67. The summed E-state index contributed by atoms with van der Waals surface area (Å²) < 4.78 is 22.6. The lowest BCUT2D eigenvalue weighted by atomic mass is 10.2. The SMILES string of the molecule is C1CCOC1.c1ccc(CCNP2(NCCc3ccccc3)=NP(NCCc3ccccc3)(NCCc3ccccc3)=NP(NCCc3ccccc3)(NCCc3ccccc3)=N2)cc1. The van der Waals surface area contributed by atoms with Crippen LogP contribution in [0.3, 0.4) is 0 Å². The Bertz CT molecular complexity index is 1970. The highest BCUT2D eigenvalue weighted by Gasteiger charge is 2.37. The predicted octanol–water partition coefficient (Wildman–Crippen LogP) is 11.6. The van der Waals surface area contributed by atoms with Crippen molar-refractivity contribution in [2.75, 3.05) is 52.5 Å². The second-order valence-corrected chi connectivity index (χ2v) is 23.9. The molecule has 2 heterocycles. The van der Waals surface area contributed by atoms with Crippen LogP contribution in [-0.4, -0.2) is 52.5 Å². The molecule has 0 unspecified atom stereocenters. The minimum absolute atomic E-state index is 0.713. The van der Waals surface area contributed by atoms with E-state index < -0.39 is 22.5 Å². The fraction of sp³-hybridized carbons (Fsp3) is 0.308. The van der Waals surface area contributed by atoms with Crippen LogP contribution < -0.4 is 30.5 Å². The molecule has 0 aliphatic carbocycles. The molecule has 6 N–H and O–H groups in total. The van der Waals surface area contributed by atoms with Crippen LogP contribution in [0.4, 0.5) is 0 Å². The van der Waals surface area contributed by atoms with E-state index >= 15 is 0 Å². The summed E-state index contributed by atoms with van der Waals surface area (Å²) in [4.78, 5) is 0. The third-order valence-corrected chi connectivity index (χ3v) is 21.3. The first kappa shape index (κ1) is 48.7. The van der Waals surface area contributed by atoms with E-state index in [1.807, 2.05) is 0 Å². The van der Waals surface area contributed by atoms with E-state index in [0.29, 0.717) is 39.3 Å². The molecule has 65 heavy (non-hydrogen) atoms. The average molecular weight is 928 g/mol. The number of benzene rings is 6. The summed E-state index contributed by atoms with van der Waals surface area (Å²) in [5, 5.41) is 24.1. The summed E-state index contributed by atoms with van der Waals surface area (Å²) in [5.74, 6) is 0. The molecule has 2 aliphatic rings. The Morgan fingerprint density at radius 3 is 0.631 bits per heavy atom. The Kier molecular flexibility index (Phi) is 20.0. The molecule has 6 aromatic carbocycles. The summed E-state index contributed by atoms with van der Waals surface area (Å²) in [7, 11) is -8.55. The van der Waals surface area contributed by atoms with Gasteiger partial charge in [-0.15, -0.1) is 0 Å². The molecule has 6 aromatic rings. The fourth-order valence-corrected chi connectivity index (χ4v) is 19.5. The zero-order valence-electron chi connectivity index (χ0n) is 37.7. The third kappa shape index (κ3) is 16.8. The van der Waals surface area contributed by atoms with Gasteiger partial charge < -0.3 is 4.74 Å². The van der Waals surface area contributed by atoms with Gasteiger partial charge in [0.15, 0.2) is 0 Å². The van der Waals surface area contributed by atoms with Gasteiger partial charge in [-0.05, 0) is 84.7 Å². The molecule has 1 fully saturated rings. The molecule has 0 amide bonds. The molecule has 10 nitrogen and oxygen atoms in total.